The number of nitrogens with one attached hydrogen (secondary N) is 1. The summed E-state index contributed by atoms with van der Waals surface area (Å²) in [6.45, 7) is 8.60. The molecular formula is C23H31ClN4O3. The Hall–Kier alpha value is -2.48. The van der Waals surface area contributed by atoms with Crippen molar-refractivity contribution in [1.29, 1.82) is 0 Å². The monoisotopic (exact) mass is 446 g/mol. The number of anilines is 1. The quantitative estimate of drug-likeness (QED) is 0.448. The van der Waals surface area contributed by atoms with Crippen LogP contribution in [0.5, 0.6) is 11.5 Å². The summed E-state index contributed by atoms with van der Waals surface area (Å²) in [7, 11) is 0. The van der Waals surface area contributed by atoms with Gasteiger partial charge in [-0.05, 0) is 43.7 Å². The Balaban J connectivity index is 1.78. The van der Waals surface area contributed by atoms with Crippen molar-refractivity contribution in [3.8, 4) is 11.5 Å². The largest absolute Gasteiger partial charge is 0.494 e. The highest BCUT2D eigenvalue weighted by molar-refractivity contribution is 6.30. The van der Waals surface area contributed by atoms with E-state index in [9.17, 15) is 0 Å². The molecule has 0 spiro atoms. The second-order valence-corrected chi connectivity index (χ2v) is 7.53. The van der Waals surface area contributed by atoms with Crippen LogP contribution in [0.4, 0.5) is 5.69 Å². The Bertz CT molecular complexity index is 872. The molecule has 2 aromatic carbocycles. The minimum Gasteiger partial charge on any atom is -0.494 e. The average Bonchev–Trinajstić information content (AvgIpc) is 2.77. The van der Waals surface area contributed by atoms with Gasteiger partial charge in [0.25, 0.3) is 0 Å². The lowest BCUT2D eigenvalue weighted by atomic mass is 10.0. The number of nitrogens with zero attached hydrogens (tertiary/aromatic N) is 2. The summed E-state index contributed by atoms with van der Waals surface area (Å²) < 4.78 is 16.8. The molecule has 7 nitrogen and oxygen atoms in total. The zero-order valence-electron chi connectivity index (χ0n) is 18.1. The fourth-order valence-electron chi connectivity index (χ4n) is 3.54. The Labute approximate surface area is 189 Å². The zero-order chi connectivity index (χ0) is 22.1. The molecule has 0 saturated carbocycles. The van der Waals surface area contributed by atoms with Gasteiger partial charge < -0.3 is 25.3 Å². The molecule has 1 aliphatic rings. The smallest absolute Gasteiger partial charge is 0.193 e. The standard InChI is InChI=1S/C23H31ClN4O3/c1-3-30-19-8-9-22(31-4-2)20(15-19)27-23(25)26-16-21(28-10-12-29-13-11-28)17-6-5-7-18(24)14-17/h5-9,14-15,21H,3-4,10-13,16H2,1-2H3,(H3,25,26,27). The van der Waals surface area contributed by atoms with E-state index in [4.69, 9.17) is 31.5 Å². The Morgan fingerprint density at radius 1 is 1.16 bits per heavy atom. The molecular weight excluding hydrogens is 416 g/mol. The number of hydrogen-bond acceptors (Lipinski definition) is 5. The average molecular weight is 447 g/mol. The molecule has 168 valence electrons. The van der Waals surface area contributed by atoms with Gasteiger partial charge in [-0.15, -0.1) is 0 Å². The summed E-state index contributed by atoms with van der Waals surface area (Å²) in [4.78, 5) is 6.99. The van der Waals surface area contributed by atoms with Crippen LogP contribution >= 0.6 is 11.6 Å². The summed E-state index contributed by atoms with van der Waals surface area (Å²) in [5.41, 5.74) is 8.09. The topological polar surface area (TPSA) is 81.3 Å². The van der Waals surface area contributed by atoms with Crippen molar-refractivity contribution < 1.29 is 14.2 Å². The predicted octanol–water partition coefficient (Wildman–Crippen LogP) is 3.94. The van der Waals surface area contributed by atoms with Crippen LogP contribution in [0, 0.1) is 0 Å². The first-order valence-electron chi connectivity index (χ1n) is 10.6. The van der Waals surface area contributed by atoms with Gasteiger partial charge in [-0.2, -0.15) is 0 Å². The van der Waals surface area contributed by atoms with Gasteiger partial charge in [0.2, 0.25) is 0 Å². The van der Waals surface area contributed by atoms with Crippen molar-refractivity contribution in [2.24, 2.45) is 10.7 Å². The molecule has 8 heteroatoms. The number of ether oxygens (including phenoxy) is 3. The normalized spacial score (nSPS) is 16.0. The van der Waals surface area contributed by atoms with E-state index in [1.165, 1.54) is 0 Å². The Morgan fingerprint density at radius 3 is 2.65 bits per heavy atom. The summed E-state index contributed by atoms with van der Waals surface area (Å²) in [6, 6.07) is 13.6. The molecule has 1 heterocycles. The zero-order valence-corrected chi connectivity index (χ0v) is 18.9. The second-order valence-electron chi connectivity index (χ2n) is 7.09. The number of halogens is 1. The van der Waals surface area contributed by atoms with Gasteiger partial charge in [0, 0.05) is 24.2 Å². The molecule has 3 N–H and O–H groups in total. The molecule has 31 heavy (non-hydrogen) atoms. The van der Waals surface area contributed by atoms with Crippen LogP contribution in [-0.2, 0) is 4.74 Å². The summed E-state index contributed by atoms with van der Waals surface area (Å²) in [6.07, 6.45) is 0. The Morgan fingerprint density at radius 2 is 1.94 bits per heavy atom. The van der Waals surface area contributed by atoms with Crippen LogP contribution in [0.25, 0.3) is 0 Å². The van der Waals surface area contributed by atoms with E-state index < -0.39 is 0 Å². The van der Waals surface area contributed by atoms with Crippen LogP contribution in [0.1, 0.15) is 25.5 Å². The van der Waals surface area contributed by atoms with E-state index in [2.05, 4.69) is 21.3 Å². The molecule has 0 radical (unpaired) electrons. The molecule has 2 aromatic rings. The minimum absolute atomic E-state index is 0.0593. The molecule has 0 aliphatic carbocycles. The van der Waals surface area contributed by atoms with E-state index in [-0.39, 0.29) is 6.04 Å². The fourth-order valence-corrected chi connectivity index (χ4v) is 3.74. The number of nitrogens with two attached hydrogens (primary N) is 1. The van der Waals surface area contributed by atoms with Gasteiger partial charge in [-0.3, -0.25) is 9.89 Å². The number of rotatable bonds is 9. The van der Waals surface area contributed by atoms with Crippen molar-refractivity contribution in [1.82, 2.24) is 4.90 Å². The molecule has 0 aromatic heterocycles. The van der Waals surface area contributed by atoms with Gasteiger partial charge in [0.15, 0.2) is 5.96 Å². The molecule has 3 rings (SSSR count). The first-order valence-corrected chi connectivity index (χ1v) is 11.0. The highest BCUT2D eigenvalue weighted by Gasteiger charge is 2.23. The molecule has 1 saturated heterocycles. The summed E-state index contributed by atoms with van der Waals surface area (Å²) in [5.74, 6) is 1.75. The third-order valence-corrected chi connectivity index (χ3v) is 5.21. The lowest BCUT2D eigenvalue weighted by Gasteiger charge is -2.34. The van der Waals surface area contributed by atoms with Crippen molar-refractivity contribution in [3.63, 3.8) is 0 Å². The maximum absolute atomic E-state index is 6.25. The van der Waals surface area contributed by atoms with Crippen LogP contribution in [0.3, 0.4) is 0 Å². The van der Waals surface area contributed by atoms with Gasteiger partial charge in [0.1, 0.15) is 11.5 Å². The third kappa shape index (κ3) is 6.75. The number of aliphatic imine (C=N–C) groups is 1. The van der Waals surface area contributed by atoms with E-state index >= 15 is 0 Å². The minimum atomic E-state index is 0.0593. The third-order valence-electron chi connectivity index (χ3n) is 4.98. The van der Waals surface area contributed by atoms with E-state index in [0.29, 0.717) is 49.7 Å². The van der Waals surface area contributed by atoms with Crippen molar-refractivity contribution in [2.45, 2.75) is 19.9 Å². The number of benzene rings is 2. The molecule has 1 aliphatic heterocycles. The van der Waals surface area contributed by atoms with Crippen molar-refractivity contribution in [2.75, 3.05) is 51.4 Å². The molecule has 1 atom stereocenters. The lowest BCUT2D eigenvalue weighted by molar-refractivity contribution is 0.0180. The van der Waals surface area contributed by atoms with E-state index in [1.54, 1.807) is 0 Å². The van der Waals surface area contributed by atoms with E-state index in [0.717, 1.165) is 30.1 Å². The van der Waals surface area contributed by atoms with Crippen LogP contribution in [0.2, 0.25) is 5.02 Å². The number of guanidine groups is 1. The molecule has 0 bridgehead atoms. The predicted molar refractivity (Wildman–Crippen MR) is 125 cm³/mol. The molecule has 0 amide bonds. The fraction of sp³-hybridized carbons (Fsp3) is 0.435. The van der Waals surface area contributed by atoms with E-state index in [1.807, 2.05) is 50.2 Å². The van der Waals surface area contributed by atoms with Gasteiger partial charge in [0.05, 0.1) is 44.7 Å². The van der Waals surface area contributed by atoms with Crippen molar-refractivity contribution in [3.05, 3.63) is 53.1 Å². The maximum Gasteiger partial charge on any atom is 0.193 e. The van der Waals surface area contributed by atoms with Gasteiger partial charge in [-0.1, -0.05) is 23.7 Å². The summed E-state index contributed by atoms with van der Waals surface area (Å²) >= 11 is 6.24. The van der Waals surface area contributed by atoms with Gasteiger partial charge in [-0.25, -0.2) is 0 Å². The molecule has 1 unspecified atom stereocenters. The summed E-state index contributed by atoms with van der Waals surface area (Å²) in [5, 5.41) is 3.88. The van der Waals surface area contributed by atoms with Crippen LogP contribution in [-0.4, -0.2) is 56.9 Å². The molecule has 1 fully saturated rings. The second kappa shape index (κ2) is 11.8. The first kappa shape index (κ1) is 23.2. The number of hydrogen-bond donors (Lipinski definition) is 2. The van der Waals surface area contributed by atoms with Crippen LogP contribution in [0.15, 0.2) is 47.5 Å². The van der Waals surface area contributed by atoms with Gasteiger partial charge >= 0.3 is 0 Å². The first-order chi connectivity index (χ1) is 15.1. The van der Waals surface area contributed by atoms with Crippen molar-refractivity contribution >= 4 is 23.2 Å². The lowest BCUT2D eigenvalue weighted by Crippen LogP contribution is -2.40. The highest BCUT2D eigenvalue weighted by atomic mass is 35.5. The SMILES string of the molecule is CCOc1ccc(OCC)c(NC(N)=NCC(c2cccc(Cl)c2)N2CCOCC2)c1. The number of morpholine rings is 1. The highest BCUT2D eigenvalue weighted by Crippen LogP contribution is 2.30. The Kier molecular flexibility index (Phi) is 8.82. The van der Waals surface area contributed by atoms with Crippen LogP contribution < -0.4 is 20.5 Å². The maximum atomic E-state index is 6.25.